The summed E-state index contributed by atoms with van der Waals surface area (Å²) in [4.78, 5) is 17.1. The Morgan fingerprint density at radius 2 is 2.00 bits per heavy atom. The van der Waals surface area contributed by atoms with Crippen molar-refractivity contribution in [3.63, 3.8) is 0 Å². The van der Waals surface area contributed by atoms with Gasteiger partial charge in [0.05, 0.1) is 17.3 Å². The van der Waals surface area contributed by atoms with E-state index in [4.69, 9.17) is 0 Å². The van der Waals surface area contributed by atoms with E-state index in [2.05, 4.69) is 10.3 Å². The highest BCUT2D eigenvalue weighted by molar-refractivity contribution is 5.90. The average molecular weight is 323 g/mol. The Hall–Kier alpha value is -2.44. The van der Waals surface area contributed by atoms with E-state index in [1.54, 1.807) is 11.1 Å². The summed E-state index contributed by atoms with van der Waals surface area (Å²) in [5.41, 5.74) is -0.173. The van der Waals surface area contributed by atoms with Crippen molar-refractivity contribution in [3.8, 4) is 0 Å². The maximum atomic E-state index is 13.0. The highest BCUT2D eigenvalue weighted by atomic mass is 19.4. The fraction of sp³-hybridized carbons (Fsp3) is 0.312. The van der Waals surface area contributed by atoms with Crippen LogP contribution in [0.1, 0.15) is 30.1 Å². The molecule has 0 unspecified atom stereocenters. The first-order valence-electron chi connectivity index (χ1n) is 7.34. The molecule has 0 radical (unpaired) electrons. The van der Waals surface area contributed by atoms with Crippen molar-refractivity contribution >= 4 is 11.7 Å². The lowest BCUT2D eigenvalue weighted by Crippen LogP contribution is -2.35. The van der Waals surface area contributed by atoms with Crippen LogP contribution in [0.25, 0.3) is 0 Å². The van der Waals surface area contributed by atoms with E-state index in [9.17, 15) is 18.0 Å². The summed E-state index contributed by atoms with van der Waals surface area (Å²) in [6.45, 7) is 0.518. The molecular formula is C16H16F3N3O. The zero-order valence-electron chi connectivity index (χ0n) is 12.2. The molecule has 1 atom stereocenters. The molecule has 4 nitrogen and oxygen atoms in total. The predicted octanol–water partition coefficient (Wildman–Crippen LogP) is 4.40. The summed E-state index contributed by atoms with van der Waals surface area (Å²) in [7, 11) is 0. The lowest BCUT2D eigenvalue weighted by atomic mass is 10.1. The molecule has 2 heterocycles. The lowest BCUT2D eigenvalue weighted by Gasteiger charge is -2.25. The van der Waals surface area contributed by atoms with Gasteiger partial charge in [-0.05, 0) is 37.1 Å². The number of H-pyrrole nitrogens is 1. The second-order valence-electron chi connectivity index (χ2n) is 5.45. The summed E-state index contributed by atoms with van der Waals surface area (Å²) in [5, 5.41) is 2.40. The van der Waals surface area contributed by atoms with E-state index in [0.29, 0.717) is 6.54 Å². The largest absolute Gasteiger partial charge is 0.418 e. The van der Waals surface area contributed by atoms with Gasteiger partial charge in [0.1, 0.15) is 0 Å². The van der Waals surface area contributed by atoms with Crippen molar-refractivity contribution < 1.29 is 18.0 Å². The van der Waals surface area contributed by atoms with Crippen molar-refractivity contribution in [2.75, 3.05) is 11.9 Å². The first-order valence-corrected chi connectivity index (χ1v) is 7.34. The molecule has 1 aromatic carbocycles. The number of carbonyl (C=O) groups is 1. The number of likely N-dealkylation sites (tertiary alicyclic amines) is 1. The van der Waals surface area contributed by atoms with Crippen molar-refractivity contribution in [3.05, 3.63) is 53.9 Å². The molecule has 1 fully saturated rings. The molecule has 1 aliphatic rings. The van der Waals surface area contributed by atoms with Crippen LogP contribution < -0.4 is 5.32 Å². The smallest absolute Gasteiger partial charge is 0.363 e. The first kappa shape index (κ1) is 15.5. The molecular weight excluding hydrogens is 307 g/mol. The molecule has 7 heteroatoms. The SMILES string of the molecule is O=C(Nc1ccccc1C(F)(F)F)N1CCC[C@H]1c1ccc[nH]1. The van der Waals surface area contributed by atoms with Crippen LogP contribution in [0.15, 0.2) is 42.6 Å². The topological polar surface area (TPSA) is 48.1 Å². The van der Waals surface area contributed by atoms with E-state index in [1.807, 2.05) is 12.1 Å². The van der Waals surface area contributed by atoms with Gasteiger partial charge in [0.25, 0.3) is 0 Å². The number of aromatic amines is 1. The summed E-state index contributed by atoms with van der Waals surface area (Å²) < 4.78 is 39.0. The zero-order chi connectivity index (χ0) is 16.4. The number of alkyl halides is 3. The van der Waals surface area contributed by atoms with E-state index < -0.39 is 17.8 Å². The average Bonchev–Trinajstić information content (AvgIpc) is 3.17. The van der Waals surface area contributed by atoms with Crippen molar-refractivity contribution in [2.24, 2.45) is 0 Å². The van der Waals surface area contributed by atoms with E-state index in [1.165, 1.54) is 18.2 Å². The Kier molecular flexibility index (Phi) is 4.02. The van der Waals surface area contributed by atoms with Gasteiger partial charge in [-0.2, -0.15) is 13.2 Å². The number of carbonyl (C=O) groups excluding carboxylic acids is 1. The minimum Gasteiger partial charge on any atom is -0.363 e. The minimum absolute atomic E-state index is 0.136. The summed E-state index contributed by atoms with van der Waals surface area (Å²) >= 11 is 0. The number of anilines is 1. The number of rotatable bonds is 2. The molecule has 2 N–H and O–H groups in total. The molecule has 1 aromatic heterocycles. The highest BCUT2D eigenvalue weighted by Crippen LogP contribution is 2.36. The van der Waals surface area contributed by atoms with Gasteiger partial charge in [-0.25, -0.2) is 4.79 Å². The Morgan fingerprint density at radius 3 is 2.70 bits per heavy atom. The first-order chi connectivity index (χ1) is 11.0. The summed E-state index contributed by atoms with van der Waals surface area (Å²) in [5.74, 6) is 0. The van der Waals surface area contributed by atoms with Gasteiger partial charge in [-0.1, -0.05) is 12.1 Å². The molecule has 1 aliphatic heterocycles. The fourth-order valence-electron chi connectivity index (χ4n) is 2.91. The van der Waals surface area contributed by atoms with Crippen LogP contribution >= 0.6 is 0 Å². The van der Waals surface area contributed by atoms with Crippen LogP contribution in [0, 0.1) is 0 Å². The predicted molar refractivity (Wildman–Crippen MR) is 79.9 cm³/mol. The maximum absolute atomic E-state index is 13.0. The van der Waals surface area contributed by atoms with E-state index in [0.717, 1.165) is 24.6 Å². The van der Waals surface area contributed by atoms with Gasteiger partial charge < -0.3 is 15.2 Å². The Balaban J connectivity index is 1.80. The Morgan fingerprint density at radius 1 is 1.22 bits per heavy atom. The molecule has 0 bridgehead atoms. The van der Waals surface area contributed by atoms with Gasteiger partial charge in [0, 0.05) is 18.4 Å². The van der Waals surface area contributed by atoms with E-state index >= 15 is 0 Å². The molecule has 1 saturated heterocycles. The van der Waals surface area contributed by atoms with Crippen LogP contribution in [0.3, 0.4) is 0 Å². The molecule has 0 spiro atoms. The summed E-state index contributed by atoms with van der Waals surface area (Å²) in [6.07, 6.45) is -1.14. The van der Waals surface area contributed by atoms with Gasteiger partial charge >= 0.3 is 12.2 Å². The third-order valence-corrected chi connectivity index (χ3v) is 3.97. The van der Waals surface area contributed by atoms with Crippen molar-refractivity contribution in [2.45, 2.75) is 25.1 Å². The van der Waals surface area contributed by atoms with Crippen LogP contribution in [-0.2, 0) is 6.18 Å². The number of amides is 2. The van der Waals surface area contributed by atoms with Crippen molar-refractivity contribution in [1.82, 2.24) is 9.88 Å². The Bertz CT molecular complexity index is 682. The number of para-hydroxylation sites is 1. The van der Waals surface area contributed by atoms with Crippen LogP contribution in [0.5, 0.6) is 0 Å². The standard InChI is InChI=1S/C16H16F3N3O/c17-16(18,19)11-5-1-2-6-12(11)21-15(23)22-10-4-8-14(22)13-7-3-9-20-13/h1-3,5-7,9,14,20H,4,8,10H2,(H,21,23)/t14-/m0/s1. The molecule has 122 valence electrons. The number of hydrogen-bond acceptors (Lipinski definition) is 1. The molecule has 2 aromatic rings. The second kappa shape index (κ2) is 5.98. The van der Waals surface area contributed by atoms with E-state index in [-0.39, 0.29) is 11.7 Å². The normalized spacial score (nSPS) is 18.2. The highest BCUT2D eigenvalue weighted by Gasteiger charge is 2.35. The molecule has 3 rings (SSSR count). The second-order valence-corrected chi connectivity index (χ2v) is 5.45. The fourth-order valence-corrected chi connectivity index (χ4v) is 2.91. The molecule has 0 saturated carbocycles. The lowest BCUT2D eigenvalue weighted by molar-refractivity contribution is -0.136. The zero-order valence-corrected chi connectivity index (χ0v) is 12.2. The van der Waals surface area contributed by atoms with Crippen molar-refractivity contribution in [1.29, 1.82) is 0 Å². The third kappa shape index (κ3) is 3.18. The number of benzene rings is 1. The van der Waals surface area contributed by atoms with Gasteiger partial charge in [-0.3, -0.25) is 0 Å². The number of nitrogens with one attached hydrogen (secondary N) is 2. The summed E-state index contributed by atoms with van der Waals surface area (Å²) in [6, 6.07) is 8.06. The van der Waals surface area contributed by atoms with Crippen LogP contribution in [0.4, 0.5) is 23.7 Å². The number of halogens is 3. The monoisotopic (exact) mass is 323 g/mol. The van der Waals surface area contributed by atoms with Crippen LogP contribution in [-0.4, -0.2) is 22.5 Å². The number of aromatic nitrogens is 1. The van der Waals surface area contributed by atoms with Gasteiger partial charge in [0.2, 0.25) is 0 Å². The van der Waals surface area contributed by atoms with Crippen LogP contribution in [0.2, 0.25) is 0 Å². The third-order valence-electron chi connectivity index (χ3n) is 3.97. The number of urea groups is 1. The maximum Gasteiger partial charge on any atom is 0.418 e. The number of hydrogen-bond donors (Lipinski definition) is 2. The number of nitrogens with zero attached hydrogens (tertiary/aromatic N) is 1. The minimum atomic E-state index is -4.51. The van der Waals surface area contributed by atoms with Gasteiger partial charge in [0.15, 0.2) is 0 Å². The molecule has 0 aliphatic carbocycles. The molecule has 2 amide bonds. The molecule has 23 heavy (non-hydrogen) atoms. The Labute approximate surface area is 131 Å². The quantitative estimate of drug-likeness (QED) is 0.845. The van der Waals surface area contributed by atoms with Gasteiger partial charge in [-0.15, -0.1) is 0 Å².